The fourth-order valence-electron chi connectivity index (χ4n) is 3.34. The van der Waals surface area contributed by atoms with Crippen molar-refractivity contribution in [1.29, 1.82) is 0 Å². The Labute approximate surface area is 120 Å². The highest BCUT2D eigenvalue weighted by molar-refractivity contribution is 5.99. The lowest BCUT2D eigenvalue weighted by Gasteiger charge is -2.36. The average molecular weight is 274 g/mol. The van der Waals surface area contributed by atoms with Gasteiger partial charge in [-0.05, 0) is 38.3 Å². The minimum absolute atomic E-state index is 0.0750. The van der Waals surface area contributed by atoms with Gasteiger partial charge in [0.05, 0.1) is 12.2 Å². The van der Waals surface area contributed by atoms with Crippen molar-refractivity contribution in [2.24, 2.45) is 5.92 Å². The Hall–Kier alpha value is -1.19. The second-order valence-electron chi connectivity index (χ2n) is 6.21. The van der Waals surface area contributed by atoms with Crippen molar-refractivity contribution in [1.82, 2.24) is 0 Å². The summed E-state index contributed by atoms with van der Waals surface area (Å²) < 4.78 is 11.4. The predicted molar refractivity (Wildman–Crippen MR) is 77.1 cm³/mol. The number of ketones is 1. The topological polar surface area (TPSA) is 35.5 Å². The van der Waals surface area contributed by atoms with Gasteiger partial charge in [0.2, 0.25) is 0 Å². The minimum Gasteiger partial charge on any atom is -0.378 e. The highest BCUT2D eigenvalue weighted by Crippen LogP contribution is 2.37. The van der Waals surface area contributed by atoms with Crippen molar-refractivity contribution >= 4 is 5.78 Å². The summed E-state index contributed by atoms with van der Waals surface area (Å²) in [5.74, 6) is 0.353. The van der Waals surface area contributed by atoms with E-state index in [1.54, 1.807) is 0 Å². The van der Waals surface area contributed by atoms with Crippen LogP contribution in [0.15, 0.2) is 18.2 Å². The standard InChI is InChI=1S/C17H22O3/c1-12-3-4-13(2)15(9-12)16(18)14-5-7-20-17(10-14)6-8-19-11-17/h3-4,9,14H,5-8,10-11H2,1-2H3. The SMILES string of the molecule is Cc1ccc(C)c(C(=O)C2CCOC3(CCOC3)C2)c1. The molecule has 0 amide bonds. The molecule has 3 heteroatoms. The molecule has 0 saturated carbocycles. The molecule has 1 aromatic carbocycles. The van der Waals surface area contributed by atoms with Crippen molar-refractivity contribution in [3.05, 3.63) is 34.9 Å². The van der Waals surface area contributed by atoms with Gasteiger partial charge in [-0.15, -0.1) is 0 Å². The monoisotopic (exact) mass is 274 g/mol. The zero-order valence-electron chi connectivity index (χ0n) is 12.3. The number of ether oxygens (including phenoxy) is 2. The van der Waals surface area contributed by atoms with Gasteiger partial charge in [-0.1, -0.05) is 17.7 Å². The molecule has 0 aromatic heterocycles. The highest BCUT2D eigenvalue weighted by atomic mass is 16.6. The molecular formula is C17H22O3. The largest absolute Gasteiger partial charge is 0.378 e. The quantitative estimate of drug-likeness (QED) is 0.777. The van der Waals surface area contributed by atoms with Crippen LogP contribution in [0.5, 0.6) is 0 Å². The van der Waals surface area contributed by atoms with E-state index in [9.17, 15) is 4.79 Å². The Kier molecular flexibility index (Phi) is 3.65. The van der Waals surface area contributed by atoms with Gasteiger partial charge in [0.15, 0.2) is 5.78 Å². The molecule has 20 heavy (non-hydrogen) atoms. The summed E-state index contributed by atoms with van der Waals surface area (Å²) >= 11 is 0. The third-order valence-electron chi connectivity index (χ3n) is 4.59. The summed E-state index contributed by atoms with van der Waals surface area (Å²) in [5.41, 5.74) is 2.90. The molecule has 0 radical (unpaired) electrons. The third kappa shape index (κ3) is 2.52. The molecule has 1 aromatic rings. The van der Waals surface area contributed by atoms with E-state index in [1.807, 2.05) is 26.0 Å². The Bertz CT molecular complexity index is 515. The van der Waals surface area contributed by atoms with E-state index in [0.29, 0.717) is 13.2 Å². The van der Waals surface area contributed by atoms with E-state index in [-0.39, 0.29) is 17.3 Å². The van der Waals surface area contributed by atoms with Crippen LogP contribution < -0.4 is 0 Å². The molecule has 108 valence electrons. The second-order valence-corrected chi connectivity index (χ2v) is 6.21. The van der Waals surface area contributed by atoms with E-state index in [2.05, 4.69) is 6.07 Å². The smallest absolute Gasteiger partial charge is 0.166 e. The van der Waals surface area contributed by atoms with Gasteiger partial charge in [0, 0.05) is 31.1 Å². The molecule has 2 unspecified atom stereocenters. The van der Waals surface area contributed by atoms with Crippen LogP contribution in [0.4, 0.5) is 0 Å². The van der Waals surface area contributed by atoms with Crippen molar-refractivity contribution in [3.63, 3.8) is 0 Å². The Morgan fingerprint density at radius 1 is 1.30 bits per heavy atom. The predicted octanol–water partition coefficient (Wildman–Crippen LogP) is 3.07. The van der Waals surface area contributed by atoms with Crippen LogP contribution in [0.25, 0.3) is 0 Å². The summed E-state index contributed by atoms with van der Waals surface area (Å²) in [6.07, 6.45) is 2.55. The molecule has 2 atom stereocenters. The van der Waals surface area contributed by atoms with Crippen LogP contribution >= 0.6 is 0 Å². The van der Waals surface area contributed by atoms with Crippen molar-refractivity contribution in [3.8, 4) is 0 Å². The molecule has 2 fully saturated rings. The fourth-order valence-corrected chi connectivity index (χ4v) is 3.34. The first-order valence-corrected chi connectivity index (χ1v) is 7.43. The molecule has 2 saturated heterocycles. The first kappa shape index (κ1) is 13.8. The molecule has 2 heterocycles. The van der Waals surface area contributed by atoms with Crippen molar-refractivity contribution in [2.45, 2.75) is 38.7 Å². The van der Waals surface area contributed by atoms with Gasteiger partial charge in [0.1, 0.15) is 0 Å². The molecular weight excluding hydrogens is 252 g/mol. The van der Waals surface area contributed by atoms with Crippen LogP contribution in [0.3, 0.4) is 0 Å². The van der Waals surface area contributed by atoms with Gasteiger partial charge in [0.25, 0.3) is 0 Å². The number of rotatable bonds is 2. The fraction of sp³-hybridized carbons (Fsp3) is 0.588. The first-order valence-electron chi connectivity index (χ1n) is 7.43. The first-order chi connectivity index (χ1) is 9.60. The van der Waals surface area contributed by atoms with Gasteiger partial charge >= 0.3 is 0 Å². The van der Waals surface area contributed by atoms with Crippen molar-refractivity contribution in [2.75, 3.05) is 19.8 Å². The number of hydrogen-bond donors (Lipinski definition) is 0. The van der Waals surface area contributed by atoms with Crippen LogP contribution in [0.2, 0.25) is 0 Å². The minimum atomic E-state index is -0.198. The maximum atomic E-state index is 12.8. The number of carbonyl (C=O) groups is 1. The number of hydrogen-bond acceptors (Lipinski definition) is 3. The van der Waals surface area contributed by atoms with Crippen molar-refractivity contribution < 1.29 is 14.3 Å². The number of Topliss-reactive ketones (excluding diaryl/α,β-unsaturated/α-hetero) is 1. The van der Waals surface area contributed by atoms with E-state index in [4.69, 9.17) is 9.47 Å². The van der Waals surface area contributed by atoms with Crippen LogP contribution in [-0.4, -0.2) is 31.2 Å². The lowest BCUT2D eigenvalue weighted by atomic mass is 9.80. The van der Waals surface area contributed by atoms with Crippen LogP contribution in [0.1, 0.15) is 40.7 Å². The summed E-state index contributed by atoms with van der Waals surface area (Å²) in [6, 6.07) is 6.11. The van der Waals surface area contributed by atoms with E-state index < -0.39 is 0 Å². The van der Waals surface area contributed by atoms with E-state index in [0.717, 1.165) is 42.6 Å². The van der Waals surface area contributed by atoms with E-state index >= 15 is 0 Å². The molecule has 1 spiro atoms. The zero-order chi connectivity index (χ0) is 14.2. The number of aryl methyl sites for hydroxylation is 2. The number of carbonyl (C=O) groups excluding carboxylic acids is 1. The summed E-state index contributed by atoms with van der Waals surface area (Å²) in [5, 5.41) is 0. The Morgan fingerprint density at radius 2 is 2.15 bits per heavy atom. The lowest BCUT2D eigenvalue weighted by Crippen LogP contribution is -2.42. The second kappa shape index (κ2) is 5.30. The summed E-state index contributed by atoms with van der Waals surface area (Å²) in [6.45, 7) is 6.12. The normalized spacial score (nSPS) is 29.8. The Morgan fingerprint density at radius 3 is 2.90 bits per heavy atom. The van der Waals surface area contributed by atoms with Crippen LogP contribution in [-0.2, 0) is 9.47 Å². The maximum absolute atomic E-state index is 12.8. The van der Waals surface area contributed by atoms with E-state index in [1.165, 1.54) is 0 Å². The molecule has 0 N–H and O–H groups in total. The summed E-state index contributed by atoms with van der Waals surface area (Å²) in [4.78, 5) is 12.8. The zero-order valence-corrected chi connectivity index (χ0v) is 12.3. The van der Waals surface area contributed by atoms with Gasteiger partial charge in [-0.25, -0.2) is 0 Å². The maximum Gasteiger partial charge on any atom is 0.166 e. The van der Waals surface area contributed by atoms with Gasteiger partial charge < -0.3 is 9.47 Å². The molecule has 0 aliphatic carbocycles. The lowest BCUT2D eigenvalue weighted by molar-refractivity contribution is -0.0920. The van der Waals surface area contributed by atoms with Crippen LogP contribution in [0, 0.1) is 19.8 Å². The third-order valence-corrected chi connectivity index (χ3v) is 4.59. The number of benzene rings is 1. The van der Waals surface area contributed by atoms with Gasteiger partial charge in [-0.2, -0.15) is 0 Å². The molecule has 2 aliphatic heterocycles. The van der Waals surface area contributed by atoms with Gasteiger partial charge in [-0.3, -0.25) is 4.79 Å². The highest BCUT2D eigenvalue weighted by Gasteiger charge is 2.43. The molecule has 3 rings (SSSR count). The Balaban J connectivity index is 1.81. The molecule has 3 nitrogen and oxygen atoms in total. The average Bonchev–Trinajstić information content (AvgIpc) is 2.88. The molecule has 2 aliphatic rings. The summed E-state index contributed by atoms with van der Waals surface area (Å²) in [7, 11) is 0. The molecule has 0 bridgehead atoms.